The number of halogens is 4. The predicted octanol–water partition coefficient (Wildman–Crippen LogP) is 10.1. The highest BCUT2D eigenvalue weighted by atomic mass is 35.5. The van der Waals surface area contributed by atoms with Crippen LogP contribution in [0.5, 0.6) is 5.75 Å². The molecule has 82 heavy (non-hydrogen) atoms. The Balaban J connectivity index is 0.000000144. The van der Waals surface area contributed by atoms with Crippen LogP contribution in [0.3, 0.4) is 0 Å². The van der Waals surface area contributed by atoms with Crippen LogP contribution in [0.15, 0.2) is 208 Å². The molecule has 6 heterocycles. The smallest absolute Gasteiger partial charge is 0.219 e. The number of amides is 1. The molecule has 10 aromatic rings. The number of rotatable bonds is 16. The van der Waals surface area contributed by atoms with Crippen molar-refractivity contribution in [3.63, 3.8) is 0 Å². The first-order chi connectivity index (χ1) is 39.9. The summed E-state index contributed by atoms with van der Waals surface area (Å²) >= 11 is 12.7. The largest absolute Gasteiger partial charge is 0.491 e. The summed E-state index contributed by atoms with van der Waals surface area (Å²) in [6, 6.07) is 46.2. The molecule has 0 saturated carbocycles. The van der Waals surface area contributed by atoms with Gasteiger partial charge in [0.25, 0.3) is 0 Å². The molecule has 4 aromatic heterocycles. The van der Waals surface area contributed by atoms with E-state index in [1.165, 1.54) is 63.0 Å². The zero-order valence-corrected chi connectivity index (χ0v) is 46.1. The molecule has 0 spiro atoms. The predicted molar refractivity (Wildman–Crippen MR) is 306 cm³/mol. The Morgan fingerprint density at radius 2 is 1.38 bits per heavy atom. The maximum atomic E-state index is 14.1. The highest BCUT2D eigenvalue weighted by Crippen LogP contribution is 2.41. The van der Waals surface area contributed by atoms with E-state index in [-0.39, 0.29) is 36.7 Å². The molecule has 2 aliphatic heterocycles. The maximum Gasteiger partial charge on any atom is 0.219 e. The minimum absolute atomic E-state index is 0.0556. The van der Waals surface area contributed by atoms with Crippen LogP contribution in [0.1, 0.15) is 35.2 Å². The third-order valence-electron chi connectivity index (χ3n) is 14.0. The van der Waals surface area contributed by atoms with E-state index in [9.17, 15) is 18.7 Å². The van der Waals surface area contributed by atoms with Crippen molar-refractivity contribution in [2.75, 3.05) is 44.3 Å². The maximum absolute atomic E-state index is 14.1. The number of benzene rings is 6. The van der Waals surface area contributed by atoms with Crippen LogP contribution in [0.4, 0.5) is 14.5 Å². The Labute approximate surface area is 482 Å². The Hall–Kier alpha value is -8.59. The summed E-state index contributed by atoms with van der Waals surface area (Å²) in [7, 11) is 0. The van der Waals surface area contributed by atoms with Crippen molar-refractivity contribution in [1.29, 1.82) is 0 Å². The first-order valence-electron chi connectivity index (χ1n) is 26.4. The molecule has 1 N–H and O–H groups in total. The van der Waals surface area contributed by atoms with Gasteiger partial charge in [0, 0.05) is 85.8 Å². The number of nitrogens with zero attached hydrogens (tertiary/aromatic N) is 12. The van der Waals surface area contributed by atoms with Gasteiger partial charge in [0.1, 0.15) is 61.0 Å². The van der Waals surface area contributed by atoms with E-state index < -0.39 is 23.0 Å². The number of carbonyl (C=O) groups excluding carboxylic acids is 1. The number of imidazole rings is 2. The number of hydrogen-bond acceptors (Lipinski definition) is 12. The topological polar surface area (TPSA) is 169 Å². The summed E-state index contributed by atoms with van der Waals surface area (Å²) in [6.07, 6.45) is 16.1. The van der Waals surface area contributed by atoms with E-state index in [1.54, 1.807) is 31.6 Å². The SMILES string of the molecule is CC(=O)N1CCN(c2ccc(OC[C@H]3CO[C@](Cn4ccnc4)(c4ccc(Cl)cc4Cl)O3)cc2)CC1.OC(Cn1cncn1)(Cn1cncn1)c1ccc(F)cc1F.c1ccc(-c2ccc(C(c3ccccc3)n3ccnc3)cc2)cc1. The zero-order valence-electron chi connectivity index (χ0n) is 44.6. The molecular formula is C61H58Cl2F2N12O5. The van der Waals surface area contributed by atoms with Gasteiger partial charge in [-0.1, -0.05) is 120 Å². The van der Waals surface area contributed by atoms with Crippen molar-refractivity contribution in [2.24, 2.45) is 0 Å². The summed E-state index contributed by atoms with van der Waals surface area (Å²) in [6.45, 7) is 5.66. The quantitative estimate of drug-likeness (QED) is 0.0974. The highest BCUT2D eigenvalue weighted by molar-refractivity contribution is 6.35. The minimum atomic E-state index is -1.70. The number of aromatic nitrogens is 10. The molecule has 2 aliphatic rings. The molecule has 1 amide bonds. The Morgan fingerprint density at radius 1 is 0.732 bits per heavy atom. The van der Waals surface area contributed by atoms with Crippen molar-refractivity contribution in [2.45, 2.75) is 50.1 Å². The number of anilines is 1. The van der Waals surface area contributed by atoms with E-state index in [0.29, 0.717) is 35.4 Å². The lowest BCUT2D eigenvalue weighted by Crippen LogP contribution is -2.48. The average Bonchev–Trinajstić information content (AvgIpc) is 4.42. The molecule has 6 aromatic carbocycles. The van der Waals surface area contributed by atoms with Gasteiger partial charge in [0.2, 0.25) is 11.7 Å². The van der Waals surface area contributed by atoms with Crippen LogP contribution in [0, 0.1) is 11.6 Å². The molecule has 0 radical (unpaired) electrons. The molecule has 17 nitrogen and oxygen atoms in total. The molecule has 12 rings (SSSR count). The zero-order chi connectivity index (χ0) is 56.9. The second kappa shape index (κ2) is 26.3. The first-order valence-corrected chi connectivity index (χ1v) is 27.1. The normalized spacial score (nSPS) is 16.4. The van der Waals surface area contributed by atoms with Crippen LogP contribution >= 0.6 is 23.2 Å². The van der Waals surface area contributed by atoms with Crippen LogP contribution in [-0.2, 0) is 45.3 Å². The van der Waals surface area contributed by atoms with Crippen molar-refractivity contribution in [3.8, 4) is 16.9 Å². The van der Waals surface area contributed by atoms with Crippen molar-refractivity contribution >= 4 is 34.8 Å². The molecule has 0 aliphatic carbocycles. The number of piperazine rings is 1. The lowest BCUT2D eigenvalue weighted by molar-refractivity contribution is -0.189. The summed E-state index contributed by atoms with van der Waals surface area (Å²) < 4.78 is 52.7. The monoisotopic (exact) mass is 1150 g/mol. The van der Waals surface area contributed by atoms with Crippen molar-refractivity contribution in [1.82, 2.24) is 53.5 Å². The molecule has 1 unspecified atom stereocenters. The fourth-order valence-electron chi connectivity index (χ4n) is 9.93. The summed E-state index contributed by atoms with van der Waals surface area (Å²) in [4.78, 5) is 31.6. The van der Waals surface area contributed by atoms with E-state index in [2.05, 4.69) is 112 Å². The van der Waals surface area contributed by atoms with E-state index in [1.807, 2.05) is 76.8 Å². The number of carbonyl (C=O) groups is 1. The fraction of sp³-hybridized carbons (Fsp3) is 0.230. The molecule has 2 fully saturated rings. The van der Waals surface area contributed by atoms with Gasteiger partial charge in [-0.3, -0.25) is 4.79 Å². The molecule has 3 atom stereocenters. The third-order valence-corrected chi connectivity index (χ3v) is 14.5. The summed E-state index contributed by atoms with van der Waals surface area (Å²) in [5, 5.41) is 19.8. The van der Waals surface area contributed by atoms with Gasteiger partial charge in [-0.25, -0.2) is 38.1 Å². The van der Waals surface area contributed by atoms with Crippen LogP contribution < -0.4 is 9.64 Å². The average molecular weight is 1150 g/mol. The van der Waals surface area contributed by atoms with Crippen molar-refractivity contribution in [3.05, 3.63) is 252 Å². The van der Waals surface area contributed by atoms with Crippen LogP contribution in [-0.4, -0.2) is 110 Å². The molecule has 2 saturated heterocycles. The first kappa shape index (κ1) is 56.7. The third kappa shape index (κ3) is 14.1. The van der Waals surface area contributed by atoms with E-state index in [0.717, 1.165) is 49.7 Å². The van der Waals surface area contributed by atoms with Gasteiger partial charge in [0.15, 0.2) is 0 Å². The van der Waals surface area contributed by atoms with Crippen LogP contribution in [0.25, 0.3) is 11.1 Å². The van der Waals surface area contributed by atoms with E-state index in [4.69, 9.17) is 37.4 Å². The van der Waals surface area contributed by atoms with Gasteiger partial charge in [-0.05, 0) is 64.7 Å². The second-order valence-electron chi connectivity index (χ2n) is 19.6. The molecule has 420 valence electrons. The van der Waals surface area contributed by atoms with Gasteiger partial charge >= 0.3 is 0 Å². The molecular weight excluding hydrogens is 1090 g/mol. The molecule has 21 heteroatoms. The number of aliphatic hydroxyl groups is 1. The van der Waals surface area contributed by atoms with E-state index >= 15 is 0 Å². The fourth-order valence-corrected chi connectivity index (χ4v) is 10.5. The van der Waals surface area contributed by atoms with Gasteiger partial charge in [-0.2, -0.15) is 10.2 Å². The number of hydrogen-bond donors (Lipinski definition) is 1. The van der Waals surface area contributed by atoms with Gasteiger partial charge in [-0.15, -0.1) is 0 Å². The summed E-state index contributed by atoms with van der Waals surface area (Å²) in [5.41, 5.74) is 5.04. The standard InChI is InChI=1S/C26H28Cl2N4O4.C22H18N2.C13H12F2N6O/c1-19(33)31-10-12-32(13-11-31)21-3-5-22(6-4-21)34-15-23-16-35-26(36-23,17-30-9-8-29-18-30)24-7-2-20(27)14-25(24)28;1-3-7-18(8-4-1)19-11-13-21(14-12-19)22(24-16-15-23-17-24)20-9-5-2-6-10-20;14-10-1-2-11(12(15)3-10)13(22,4-20-8-16-6-18-20)5-21-9-17-7-19-21/h2-9,14,18,23H,10-13,15-17H2,1H3;1-17,22H;1-3,6-9,22H,4-5H2/t23-,26-;;/m0../s1. The summed E-state index contributed by atoms with van der Waals surface area (Å²) in [5.74, 6) is -1.76. The highest BCUT2D eigenvalue weighted by Gasteiger charge is 2.45. The Morgan fingerprint density at radius 3 is 1.98 bits per heavy atom. The second-order valence-corrected chi connectivity index (χ2v) is 20.5. The van der Waals surface area contributed by atoms with Gasteiger partial charge in [0.05, 0.1) is 50.0 Å². The minimum Gasteiger partial charge on any atom is -0.491 e. The lowest BCUT2D eigenvalue weighted by atomic mass is 9.93. The van der Waals surface area contributed by atoms with Gasteiger partial charge < -0.3 is 38.3 Å². The van der Waals surface area contributed by atoms with Crippen LogP contribution in [0.2, 0.25) is 10.0 Å². The van der Waals surface area contributed by atoms with Crippen molar-refractivity contribution < 1.29 is 32.9 Å². The Bertz CT molecular complexity index is 3530. The number of ether oxygens (including phenoxy) is 3. The Kier molecular flexibility index (Phi) is 18.2. The molecule has 0 bridgehead atoms. The lowest BCUT2D eigenvalue weighted by Gasteiger charge is -2.35.